The SMILES string of the molecule is Cc1ccc(N2C(=O)c3ccc(C(=O)Nc4nc(CN(C)C)cs4)cc3C2=O)c(C)c1. The van der Waals surface area contributed by atoms with Crippen molar-refractivity contribution in [1.29, 1.82) is 0 Å². The van der Waals surface area contributed by atoms with Crippen LogP contribution in [0.5, 0.6) is 0 Å². The van der Waals surface area contributed by atoms with Crippen molar-refractivity contribution >= 4 is 39.9 Å². The fourth-order valence-electron chi connectivity index (χ4n) is 3.59. The van der Waals surface area contributed by atoms with Gasteiger partial charge in [-0.2, -0.15) is 0 Å². The number of carbonyl (C=O) groups excluding carboxylic acids is 3. The zero-order chi connectivity index (χ0) is 22.3. The van der Waals surface area contributed by atoms with Crippen molar-refractivity contribution in [3.05, 3.63) is 75.3 Å². The molecule has 31 heavy (non-hydrogen) atoms. The predicted octanol–water partition coefficient (Wildman–Crippen LogP) is 3.87. The maximum atomic E-state index is 13.0. The Balaban J connectivity index is 1.58. The number of nitrogens with zero attached hydrogens (tertiary/aromatic N) is 3. The third-order valence-corrected chi connectivity index (χ3v) is 5.80. The molecule has 1 aliphatic rings. The van der Waals surface area contributed by atoms with E-state index in [1.54, 1.807) is 12.1 Å². The van der Waals surface area contributed by atoms with Gasteiger partial charge in [0.2, 0.25) is 0 Å². The van der Waals surface area contributed by atoms with Crippen molar-refractivity contribution in [1.82, 2.24) is 9.88 Å². The van der Waals surface area contributed by atoms with Crippen LogP contribution in [0.2, 0.25) is 0 Å². The van der Waals surface area contributed by atoms with Gasteiger partial charge in [-0.05, 0) is 57.8 Å². The molecule has 0 saturated carbocycles. The molecule has 0 unspecified atom stereocenters. The van der Waals surface area contributed by atoms with Crippen LogP contribution in [0.25, 0.3) is 0 Å². The van der Waals surface area contributed by atoms with Crippen LogP contribution in [0.1, 0.15) is 47.9 Å². The zero-order valence-electron chi connectivity index (χ0n) is 17.7. The molecule has 3 aromatic rings. The Labute approximate surface area is 184 Å². The molecule has 0 atom stereocenters. The molecule has 1 aliphatic heterocycles. The second-order valence-corrected chi connectivity index (χ2v) is 8.69. The maximum absolute atomic E-state index is 13.0. The van der Waals surface area contributed by atoms with Crippen molar-refractivity contribution in [3.8, 4) is 0 Å². The molecule has 0 radical (unpaired) electrons. The van der Waals surface area contributed by atoms with E-state index in [1.807, 2.05) is 50.4 Å². The van der Waals surface area contributed by atoms with E-state index in [2.05, 4.69) is 10.3 Å². The summed E-state index contributed by atoms with van der Waals surface area (Å²) in [5.74, 6) is -1.19. The lowest BCUT2D eigenvalue weighted by Gasteiger charge is -2.16. The number of imide groups is 1. The van der Waals surface area contributed by atoms with E-state index in [-0.39, 0.29) is 17.4 Å². The highest BCUT2D eigenvalue weighted by Crippen LogP contribution is 2.31. The summed E-state index contributed by atoms with van der Waals surface area (Å²) >= 11 is 1.34. The molecule has 158 valence electrons. The van der Waals surface area contributed by atoms with Crippen LogP contribution in [0.3, 0.4) is 0 Å². The number of aryl methyl sites for hydroxylation is 2. The third-order valence-electron chi connectivity index (χ3n) is 4.99. The number of anilines is 2. The summed E-state index contributed by atoms with van der Waals surface area (Å²) in [4.78, 5) is 46.2. The van der Waals surface area contributed by atoms with Crippen LogP contribution >= 0.6 is 11.3 Å². The van der Waals surface area contributed by atoms with Crippen LogP contribution < -0.4 is 10.2 Å². The first-order chi connectivity index (χ1) is 14.7. The molecule has 7 nitrogen and oxygen atoms in total. The van der Waals surface area contributed by atoms with Gasteiger partial charge in [0.25, 0.3) is 17.7 Å². The lowest BCUT2D eigenvalue weighted by atomic mass is 10.1. The first-order valence-corrected chi connectivity index (χ1v) is 10.6. The molecule has 0 spiro atoms. The van der Waals surface area contributed by atoms with Gasteiger partial charge in [0.15, 0.2) is 5.13 Å². The van der Waals surface area contributed by atoms with Crippen LogP contribution in [0.15, 0.2) is 41.8 Å². The van der Waals surface area contributed by atoms with Crippen molar-refractivity contribution in [2.24, 2.45) is 0 Å². The first kappa shape index (κ1) is 20.9. The Kier molecular flexibility index (Phi) is 5.43. The monoisotopic (exact) mass is 434 g/mol. The molecule has 0 bridgehead atoms. The van der Waals surface area contributed by atoms with Crippen molar-refractivity contribution in [2.75, 3.05) is 24.3 Å². The summed E-state index contributed by atoms with van der Waals surface area (Å²) in [7, 11) is 3.89. The number of aromatic nitrogens is 1. The van der Waals surface area contributed by atoms with Gasteiger partial charge >= 0.3 is 0 Å². The second kappa shape index (κ2) is 8.05. The summed E-state index contributed by atoms with van der Waals surface area (Å²) in [5.41, 5.74) is 4.13. The van der Waals surface area contributed by atoms with Crippen molar-refractivity contribution < 1.29 is 14.4 Å². The fraction of sp³-hybridized carbons (Fsp3) is 0.217. The van der Waals surface area contributed by atoms with Gasteiger partial charge in [-0.1, -0.05) is 17.7 Å². The lowest BCUT2D eigenvalue weighted by molar-refractivity contribution is 0.0925. The zero-order valence-corrected chi connectivity index (χ0v) is 18.5. The average Bonchev–Trinajstić information content (AvgIpc) is 3.24. The Morgan fingerprint density at radius 1 is 1.06 bits per heavy atom. The molecule has 1 N–H and O–H groups in total. The molecule has 2 aromatic carbocycles. The molecule has 0 fully saturated rings. The van der Waals surface area contributed by atoms with E-state index >= 15 is 0 Å². The van der Waals surface area contributed by atoms with Crippen LogP contribution in [0, 0.1) is 13.8 Å². The smallest absolute Gasteiger partial charge is 0.266 e. The summed E-state index contributed by atoms with van der Waals surface area (Å²) in [6.07, 6.45) is 0. The highest BCUT2D eigenvalue weighted by molar-refractivity contribution is 7.14. The minimum atomic E-state index is -0.427. The minimum Gasteiger partial charge on any atom is -0.304 e. The number of benzene rings is 2. The predicted molar refractivity (Wildman–Crippen MR) is 121 cm³/mol. The maximum Gasteiger partial charge on any atom is 0.266 e. The fourth-order valence-corrected chi connectivity index (χ4v) is 4.28. The normalized spacial score (nSPS) is 13.1. The average molecular weight is 435 g/mol. The Morgan fingerprint density at radius 3 is 2.52 bits per heavy atom. The largest absolute Gasteiger partial charge is 0.304 e. The molecule has 0 aliphatic carbocycles. The van der Waals surface area contributed by atoms with Crippen LogP contribution in [-0.4, -0.2) is 41.7 Å². The van der Waals surface area contributed by atoms with Crippen LogP contribution in [0.4, 0.5) is 10.8 Å². The molecule has 3 amide bonds. The Morgan fingerprint density at radius 2 is 1.81 bits per heavy atom. The summed E-state index contributed by atoms with van der Waals surface area (Å²) in [6.45, 7) is 4.50. The second-order valence-electron chi connectivity index (χ2n) is 7.83. The quantitative estimate of drug-likeness (QED) is 0.617. The van der Waals surface area contributed by atoms with E-state index in [0.29, 0.717) is 28.5 Å². The molecule has 4 rings (SSSR count). The van der Waals surface area contributed by atoms with Gasteiger partial charge < -0.3 is 4.90 Å². The Hall–Kier alpha value is -3.36. The van der Waals surface area contributed by atoms with Gasteiger partial charge in [0.1, 0.15) is 0 Å². The third kappa shape index (κ3) is 3.99. The van der Waals surface area contributed by atoms with E-state index in [1.165, 1.54) is 28.4 Å². The highest BCUT2D eigenvalue weighted by Gasteiger charge is 2.37. The Bertz CT molecular complexity index is 1220. The highest BCUT2D eigenvalue weighted by atomic mass is 32.1. The van der Waals surface area contributed by atoms with E-state index in [4.69, 9.17) is 0 Å². The molecular weight excluding hydrogens is 412 g/mol. The van der Waals surface area contributed by atoms with E-state index in [0.717, 1.165) is 16.8 Å². The number of carbonyl (C=O) groups is 3. The van der Waals surface area contributed by atoms with Gasteiger partial charge in [-0.15, -0.1) is 11.3 Å². The number of fused-ring (bicyclic) bond motifs is 1. The van der Waals surface area contributed by atoms with E-state index < -0.39 is 5.91 Å². The number of amides is 3. The van der Waals surface area contributed by atoms with Crippen molar-refractivity contribution in [2.45, 2.75) is 20.4 Å². The molecule has 0 saturated heterocycles. The minimum absolute atomic E-state index is 0.227. The van der Waals surface area contributed by atoms with E-state index in [9.17, 15) is 14.4 Å². The number of hydrogen-bond acceptors (Lipinski definition) is 6. The van der Waals surface area contributed by atoms with Crippen LogP contribution in [-0.2, 0) is 6.54 Å². The molecular formula is C23H22N4O3S. The molecule has 2 heterocycles. The van der Waals surface area contributed by atoms with Crippen molar-refractivity contribution in [3.63, 3.8) is 0 Å². The van der Waals surface area contributed by atoms with Gasteiger partial charge in [0.05, 0.1) is 22.5 Å². The van der Waals surface area contributed by atoms with Gasteiger partial charge in [-0.3, -0.25) is 19.7 Å². The topological polar surface area (TPSA) is 82.6 Å². The van der Waals surface area contributed by atoms with Gasteiger partial charge in [-0.25, -0.2) is 9.88 Å². The summed E-state index contributed by atoms with van der Waals surface area (Å²) in [5, 5.41) is 5.15. The number of thiazole rings is 1. The number of hydrogen-bond donors (Lipinski definition) is 1. The van der Waals surface area contributed by atoms with Gasteiger partial charge in [0, 0.05) is 17.5 Å². The number of rotatable bonds is 5. The summed E-state index contributed by atoms with van der Waals surface area (Å²) in [6, 6.07) is 10.1. The molecule has 1 aromatic heterocycles. The number of nitrogens with one attached hydrogen (secondary N) is 1. The molecule has 8 heteroatoms. The summed E-state index contributed by atoms with van der Waals surface area (Å²) < 4.78 is 0. The lowest BCUT2D eigenvalue weighted by Crippen LogP contribution is -2.30. The first-order valence-electron chi connectivity index (χ1n) is 9.75. The standard InChI is InChI=1S/C23H22N4O3S/c1-13-5-8-19(14(2)9-13)27-21(29)17-7-6-15(10-18(17)22(27)30)20(28)25-23-24-16(12-31-23)11-26(3)4/h5-10,12H,11H2,1-4H3,(H,24,25,28).